The standard InChI is InChI=1S/C12H9BrN2O3S/c1-14(12(16)11-10(13)6-7-19-11)8-2-4-9(5-3-8)15(17)18/h2-7H,1H3. The summed E-state index contributed by atoms with van der Waals surface area (Å²) in [5, 5.41) is 12.4. The van der Waals surface area contributed by atoms with Crippen LogP contribution in [-0.4, -0.2) is 17.9 Å². The van der Waals surface area contributed by atoms with Gasteiger partial charge in [0.15, 0.2) is 0 Å². The van der Waals surface area contributed by atoms with Crippen molar-refractivity contribution in [2.75, 3.05) is 11.9 Å². The van der Waals surface area contributed by atoms with Gasteiger partial charge in [0, 0.05) is 29.3 Å². The van der Waals surface area contributed by atoms with Gasteiger partial charge in [-0.3, -0.25) is 14.9 Å². The minimum absolute atomic E-state index is 0.00176. The number of rotatable bonds is 3. The molecule has 1 aromatic heterocycles. The fourth-order valence-corrected chi connectivity index (χ4v) is 3.03. The number of nitro benzene ring substituents is 1. The largest absolute Gasteiger partial charge is 0.311 e. The second-order valence-corrected chi connectivity index (χ2v) is 5.51. The molecule has 0 radical (unpaired) electrons. The van der Waals surface area contributed by atoms with Gasteiger partial charge in [0.25, 0.3) is 11.6 Å². The van der Waals surface area contributed by atoms with Crippen molar-refractivity contribution in [3.8, 4) is 0 Å². The molecule has 0 saturated carbocycles. The molecule has 1 aromatic carbocycles. The van der Waals surface area contributed by atoms with Crippen molar-refractivity contribution in [1.29, 1.82) is 0 Å². The maximum Gasteiger partial charge on any atom is 0.269 e. The quantitative estimate of drug-likeness (QED) is 0.632. The highest BCUT2D eigenvalue weighted by atomic mass is 79.9. The molecule has 1 heterocycles. The molecule has 2 aromatic rings. The van der Waals surface area contributed by atoms with Gasteiger partial charge in [-0.25, -0.2) is 0 Å². The number of amides is 1. The van der Waals surface area contributed by atoms with Crippen LogP contribution in [-0.2, 0) is 0 Å². The lowest BCUT2D eigenvalue weighted by atomic mass is 10.2. The number of hydrogen-bond donors (Lipinski definition) is 0. The van der Waals surface area contributed by atoms with Crippen LogP contribution in [0.3, 0.4) is 0 Å². The van der Waals surface area contributed by atoms with Crippen molar-refractivity contribution in [2.24, 2.45) is 0 Å². The average Bonchev–Trinajstić information content (AvgIpc) is 2.83. The molecule has 0 aliphatic heterocycles. The number of hydrogen-bond acceptors (Lipinski definition) is 4. The van der Waals surface area contributed by atoms with E-state index in [4.69, 9.17) is 0 Å². The smallest absolute Gasteiger partial charge is 0.269 e. The van der Waals surface area contributed by atoms with Crippen LogP contribution in [0.5, 0.6) is 0 Å². The zero-order chi connectivity index (χ0) is 14.0. The molecule has 0 aliphatic carbocycles. The number of anilines is 1. The molecule has 0 aliphatic rings. The van der Waals surface area contributed by atoms with Gasteiger partial charge in [-0.2, -0.15) is 0 Å². The minimum Gasteiger partial charge on any atom is -0.311 e. The van der Waals surface area contributed by atoms with E-state index in [0.29, 0.717) is 10.6 Å². The molecule has 0 fully saturated rings. The normalized spacial score (nSPS) is 10.2. The zero-order valence-corrected chi connectivity index (χ0v) is 12.3. The highest BCUT2D eigenvalue weighted by Crippen LogP contribution is 2.26. The first-order chi connectivity index (χ1) is 9.00. The van der Waals surface area contributed by atoms with Gasteiger partial charge < -0.3 is 4.90 Å². The minimum atomic E-state index is -0.471. The summed E-state index contributed by atoms with van der Waals surface area (Å²) in [6, 6.07) is 7.67. The van der Waals surface area contributed by atoms with Crippen molar-refractivity contribution in [2.45, 2.75) is 0 Å². The van der Waals surface area contributed by atoms with Crippen LogP contribution >= 0.6 is 27.3 Å². The molecular weight excluding hydrogens is 332 g/mol. The highest BCUT2D eigenvalue weighted by Gasteiger charge is 2.18. The van der Waals surface area contributed by atoms with Crippen LogP contribution in [0, 0.1) is 10.1 Å². The first-order valence-corrected chi connectivity index (χ1v) is 6.93. The number of carbonyl (C=O) groups is 1. The molecule has 98 valence electrons. The molecule has 7 heteroatoms. The lowest BCUT2D eigenvalue weighted by Gasteiger charge is -2.16. The fraction of sp³-hybridized carbons (Fsp3) is 0.0833. The van der Waals surface area contributed by atoms with E-state index in [0.717, 1.165) is 4.47 Å². The second-order valence-electron chi connectivity index (χ2n) is 3.74. The van der Waals surface area contributed by atoms with Gasteiger partial charge in [0.1, 0.15) is 4.88 Å². The second kappa shape index (κ2) is 5.50. The highest BCUT2D eigenvalue weighted by molar-refractivity contribution is 9.10. The third kappa shape index (κ3) is 2.82. The summed E-state index contributed by atoms with van der Waals surface area (Å²) in [7, 11) is 1.63. The van der Waals surface area contributed by atoms with Crippen LogP contribution < -0.4 is 4.90 Å². The van der Waals surface area contributed by atoms with Gasteiger partial charge in [0.2, 0.25) is 0 Å². The molecule has 2 rings (SSSR count). The summed E-state index contributed by atoms with van der Waals surface area (Å²) in [5.74, 6) is -0.157. The number of thiophene rings is 1. The Morgan fingerprint density at radius 1 is 1.32 bits per heavy atom. The van der Waals surface area contributed by atoms with Crippen molar-refractivity contribution in [1.82, 2.24) is 0 Å². The number of non-ortho nitro benzene ring substituents is 1. The molecule has 0 bridgehead atoms. The van der Waals surface area contributed by atoms with E-state index >= 15 is 0 Å². The maximum atomic E-state index is 12.2. The van der Waals surface area contributed by atoms with E-state index in [9.17, 15) is 14.9 Å². The third-order valence-electron chi connectivity index (χ3n) is 2.56. The zero-order valence-electron chi connectivity index (χ0n) is 9.87. The lowest BCUT2D eigenvalue weighted by molar-refractivity contribution is -0.384. The SMILES string of the molecule is CN(C(=O)c1sccc1Br)c1ccc([N+](=O)[O-])cc1. The number of nitrogens with zero attached hydrogens (tertiary/aromatic N) is 2. The molecule has 5 nitrogen and oxygen atoms in total. The Balaban J connectivity index is 2.24. The van der Waals surface area contributed by atoms with E-state index in [-0.39, 0.29) is 11.6 Å². The van der Waals surface area contributed by atoms with Crippen LogP contribution in [0.1, 0.15) is 9.67 Å². The summed E-state index contributed by atoms with van der Waals surface area (Å²) in [6.07, 6.45) is 0. The first kappa shape index (κ1) is 13.7. The number of benzene rings is 1. The number of nitro groups is 1. The maximum absolute atomic E-state index is 12.2. The monoisotopic (exact) mass is 340 g/mol. The summed E-state index contributed by atoms with van der Waals surface area (Å²) in [6.45, 7) is 0. The van der Waals surface area contributed by atoms with Gasteiger partial charge in [0.05, 0.1) is 4.92 Å². The van der Waals surface area contributed by atoms with E-state index in [1.807, 2.05) is 11.4 Å². The van der Waals surface area contributed by atoms with Gasteiger partial charge in [-0.1, -0.05) is 0 Å². The van der Waals surface area contributed by atoms with E-state index in [2.05, 4.69) is 15.9 Å². The van der Waals surface area contributed by atoms with Crippen LogP contribution in [0.25, 0.3) is 0 Å². The average molecular weight is 341 g/mol. The van der Waals surface area contributed by atoms with E-state index in [1.54, 1.807) is 19.2 Å². The Hall–Kier alpha value is -1.73. The molecule has 0 unspecified atom stereocenters. The summed E-state index contributed by atoms with van der Waals surface area (Å²) in [4.78, 5) is 24.4. The van der Waals surface area contributed by atoms with Crippen molar-refractivity contribution >= 4 is 44.5 Å². The Labute approximate surface area is 121 Å². The van der Waals surface area contributed by atoms with Crippen molar-refractivity contribution < 1.29 is 9.72 Å². The molecular formula is C12H9BrN2O3S. The Kier molecular flexibility index (Phi) is 3.96. The Morgan fingerprint density at radius 3 is 2.42 bits per heavy atom. The number of carbonyl (C=O) groups excluding carboxylic acids is 1. The fourth-order valence-electron chi connectivity index (χ4n) is 1.51. The van der Waals surface area contributed by atoms with Crippen molar-refractivity contribution in [3.63, 3.8) is 0 Å². The molecule has 0 spiro atoms. The molecule has 19 heavy (non-hydrogen) atoms. The van der Waals surface area contributed by atoms with Gasteiger partial charge in [-0.15, -0.1) is 11.3 Å². The molecule has 0 saturated heterocycles. The predicted octanol–water partition coefficient (Wildman–Crippen LogP) is 3.70. The topological polar surface area (TPSA) is 63.5 Å². The molecule has 0 atom stereocenters. The van der Waals surface area contributed by atoms with E-state index in [1.165, 1.54) is 28.4 Å². The van der Waals surface area contributed by atoms with Crippen LogP contribution in [0.2, 0.25) is 0 Å². The Bertz CT molecular complexity index is 624. The summed E-state index contributed by atoms with van der Waals surface area (Å²) in [5.41, 5.74) is 0.609. The third-order valence-corrected chi connectivity index (χ3v) is 4.39. The summed E-state index contributed by atoms with van der Waals surface area (Å²) >= 11 is 4.65. The first-order valence-electron chi connectivity index (χ1n) is 5.26. The molecule has 1 amide bonds. The predicted molar refractivity (Wildman–Crippen MR) is 77.8 cm³/mol. The van der Waals surface area contributed by atoms with E-state index < -0.39 is 4.92 Å². The Morgan fingerprint density at radius 2 is 1.95 bits per heavy atom. The molecule has 0 N–H and O–H groups in total. The van der Waals surface area contributed by atoms with Gasteiger partial charge in [-0.05, 0) is 39.5 Å². The van der Waals surface area contributed by atoms with Crippen LogP contribution in [0.4, 0.5) is 11.4 Å². The van der Waals surface area contributed by atoms with Crippen molar-refractivity contribution in [3.05, 3.63) is 55.2 Å². The lowest BCUT2D eigenvalue weighted by Crippen LogP contribution is -2.25. The number of halogens is 1. The van der Waals surface area contributed by atoms with Gasteiger partial charge >= 0.3 is 0 Å². The summed E-state index contributed by atoms with van der Waals surface area (Å²) < 4.78 is 0.747. The van der Waals surface area contributed by atoms with Crippen LogP contribution in [0.15, 0.2) is 40.2 Å².